The van der Waals surface area contributed by atoms with Crippen LogP contribution in [0.5, 0.6) is 5.75 Å². The summed E-state index contributed by atoms with van der Waals surface area (Å²) in [5, 5.41) is 3.50. The Labute approximate surface area is 128 Å². The van der Waals surface area contributed by atoms with Gasteiger partial charge in [0.2, 0.25) is 0 Å². The van der Waals surface area contributed by atoms with Crippen molar-refractivity contribution >= 4 is 15.9 Å². The lowest BCUT2D eigenvalue weighted by molar-refractivity contribution is 0.414. The van der Waals surface area contributed by atoms with Gasteiger partial charge in [0.15, 0.2) is 0 Å². The zero-order chi connectivity index (χ0) is 14.5. The Kier molecular flexibility index (Phi) is 5.15. The first kappa shape index (κ1) is 15.0. The number of benzene rings is 1. The summed E-state index contributed by atoms with van der Waals surface area (Å²) in [6.07, 6.45) is 1.82. The number of aromatic nitrogens is 1. The van der Waals surface area contributed by atoms with Crippen LogP contribution in [0.25, 0.3) is 0 Å². The highest BCUT2D eigenvalue weighted by atomic mass is 79.9. The van der Waals surface area contributed by atoms with E-state index in [1.54, 1.807) is 7.11 Å². The molecule has 106 valence electrons. The molecule has 2 aromatic rings. The van der Waals surface area contributed by atoms with Crippen molar-refractivity contribution in [3.05, 3.63) is 57.8 Å². The Morgan fingerprint density at radius 1 is 1.35 bits per heavy atom. The van der Waals surface area contributed by atoms with Gasteiger partial charge in [-0.25, -0.2) is 0 Å². The van der Waals surface area contributed by atoms with Gasteiger partial charge >= 0.3 is 0 Å². The Hall–Kier alpha value is -1.39. The van der Waals surface area contributed by atoms with Crippen LogP contribution in [0.4, 0.5) is 0 Å². The fourth-order valence-electron chi connectivity index (χ4n) is 2.27. The fraction of sp³-hybridized carbons (Fsp3) is 0.312. The first-order chi connectivity index (χ1) is 9.67. The van der Waals surface area contributed by atoms with Crippen LogP contribution in [-0.2, 0) is 0 Å². The Morgan fingerprint density at radius 3 is 2.75 bits per heavy atom. The van der Waals surface area contributed by atoms with E-state index in [0.29, 0.717) is 0 Å². The quantitative estimate of drug-likeness (QED) is 0.901. The second kappa shape index (κ2) is 6.86. The molecule has 0 fully saturated rings. The van der Waals surface area contributed by atoms with E-state index < -0.39 is 0 Å². The maximum Gasteiger partial charge on any atom is 0.119 e. The third kappa shape index (κ3) is 3.19. The fourth-order valence-corrected chi connectivity index (χ4v) is 2.75. The summed E-state index contributed by atoms with van der Waals surface area (Å²) in [6, 6.07) is 10.2. The molecule has 0 saturated carbocycles. The molecule has 3 nitrogen and oxygen atoms in total. The molecular formula is C16H19BrN2O. The van der Waals surface area contributed by atoms with Crippen molar-refractivity contribution in [1.82, 2.24) is 10.3 Å². The van der Waals surface area contributed by atoms with E-state index in [9.17, 15) is 0 Å². The monoisotopic (exact) mass is 334 g/mol. The van der Waals surface area contributed by atoms with E-state index in [-0.39, 0.29) is 6.04 Å². The number of pyridine rings is 1. The van der Waals surface area contributed by atoms with E-state index in [1.165, 1.54) is 11.1 Å². The number of nitrogens with zero attached hydrogens (tertiary/aromatic N) is 1. The molecule has 2 rings (SSSR count). The molecule has 20 heavy (non-hydrogen) atoms. The van der Waals surface area contributed by atoms with Gasteiger partial charge in [-0.05, 0) is 64.8 Å². The molecule has 1 N–H and O–H groups in total. The Morgan fingerprint density at radius 2 is 2.15 bits per heavy atom. The molecule has 1 unspecified atom stereocenters. The van der Waals surface area contributed by atoms with Gasteiger partial charge in [0.25, 0.3) is 0 Å². The van der Waals surface area contributed by atoms with E-state index >= 15 is 0 Å². The zero-order valence-corrected chi connectivity index (χ0v) is 13.6. The number of aryl methyl sites for hydroxylation is 1. The van der Waals surface area contributed by atoms with Gasteiger partial charge in [0.05, 0.1) is 18.8 Å². The third-order valence-corrected chi connectivity index (χ3v) is 3.93. The van der Waals surface area contributed by atoms with Crippen molar-refractivity contribution in [2.45, 2.75) is 19.9 Å². The van der Waals surface area contributed by atoms with Crippen molar-refractivity contribution in [3.8, 4) is 5.75 Å². The number of nitrogens with one attached hydrogen (secondary N) is 1. The summed E-state index contributed by atoms with van der Waals surface area (Å²) in [5.74, 6) is 0.876. The lowest BCUT2D eigenvalue weighted by Gasteiger charge is -2.21. The lowest BCUT2D eigenvalue weighted by Crippen LogP contribution is -2.24. The number of methoxy groups -OCH3 is 1. The average molecular weight is 335 g/mol. The van der Waals surface area contributed by atoms with E-state index in [4.69, 9.17) is 4.74 Å². The standard InChI is InChI=1S/C16H19BrN2O/c1-4-18-15(16-14(17)6-5-9-19-16)13-8-7-12(20-3)10-11(13)2/h5-10,15,18H,4H2,1-3H3. The summed E-state index contributed by atoms with van der Waals surface area (Å²) in [6.45, 7) is 5.07. The molecule has 0 aliphatic carbocycles. The van der Waals surface area contributed by atoms with Gasteiger partial charge in [-0.1, -0.05) is 13.0 Å². The molecule has 4 heteroatoms. The van der Waals surface area contributed by atoms with Crippen molar-refractivity contribution in [2.24, 2.45) is 0 Å². The predicted molar refractivity (Wildman–Crippen MR) is 85.2 cm³/mol. The summed E-state index contributed by atoms with van der Waals surface area (Å²) < 4.78 is 6.29. The minimum atomic E-state index is 0.0708. The second-order valence-corrected chi connectivity index (χ2v) is 5.44. The molecule has 0 bridgehead atoms. The largest absolute Gasteiger partial charge is 0.497 e. The number of halogens is 1. The molecule has 0 radical (unpaired) electrons. The molecule has 0 aliphatic heterocycles. The van der Waals surface area contributed by atoms with Crippen LogP contribution in [0.1, 0.15) is 29.8 Å². The maximum atomic E-state index is 5.27. The third-order valence-electron chi connectivity index (χ3n) is 3.26. The topological polar surface area (TPSA) is 34.1 Å². The molecule has 1 heterocycles. The predicted octanol–water partition coefficient (Wildman–Crippen LogP) is 3.86. The minimum absolute atomic E-state index is 0.0708. The average Bonchev–Trinajstić information content (AvgIpc) is 2.46. The molecule has 0 amide bonds. The van der Waals surface area contributed by atoms with Crippen LogP contribution in [0.15, 0.2) is 41.0 Å². The normalized spacial score (nSPS) is 12.2. The van der Waals surface area contributed by atoms with Gasteiger partial charge in [0.1, 0.15) is 5.75 Å². The number of ether oxygens (including phenoxy) is 1. The van der Waals surface area contributed by atoms with Crippen LogP contribution in [-0.4, -0.2) is 18.6 Å². The molecule has 1 aromatic heterocycles. The molecule has 0 spiro atoms. The smallest absolute Gasteiger partial charge is 0.119 e. The van der Waals surface area contributed by atoms with Crippen LogP contribution >= 0.6 is 15.9 Å². The van der Waals surface area contributed by atoms with Crippen LogP contribution in [0, 0.1) is 6.92 Å². The zero-order valence-electron chi connectivity index (χ0n) is 12.0. The number of rotatable bonds is 5. The van der Waals surface area contributed by atoms with Crippen LogP contribution < -0.4 is 10.1 Å². The maximum absolute atomic E-state index is 5.27. The van der Waals surface area contributed by atoms with E-state index in [1.807, 2.05) is 24.4 Å². The van der Waals surface area contributed by atoms with Crippen LogP contribution in [0.3, 0.4) is 0 Å². The highest BCUT2D eigenvalue weighted by Gasteiger charge is 2.19. The Bertz CT molecular complexity index is 586. The minimum Gasteiger partial charge on any atom is -0.497 e. The summed E-state index contributed by atoms with van der Waals surface area (Å²) in [5.41, 5.74) is 3.41. The van der Waals surface area contributed by atoms with Gasteiger partial charge in [-0.15, -0.1) is 0 Å². The first-order valence-corrected chi connectivity index (χ1v) is 7.45. The van der Waals surface area contributed by atoms with Crippen molar-refractivity contribution < 1.29 is 4.74 Å². The highest BCUT2D eigenvalue weighted by molar-refractivity contribution is 9.10. The van der Waals surface area contributed by atoms with Crippen molar-refractivity contribution in [1.29, 1.82) is 0 Å². The van der Waals surface area contributed by atoms with Crippen LogP contribution in [0.2, 0.25) is 0 Å². The Balaban J connectivity index is 2.46. The second-order valence-electron chi connectivity index (χ2n) is 4.58. The van der Waals surface area contributed by atoms with E-state index in [0.717, 1.165) is 22.5 Å². The van der Waals surface area contributed by atoms with Gasteiger partial charge < -0.3 is 10.1 Å². The molecule has 0 aliphatic rings. The van der Waals surface area contributed by atoms with E-state index in [2.05, 4.69) is 52.2 Å². The lowest BCUT2D eigenvalue weighted by atomic mass is 9.98. The number of hydrogen-bond donors (Lipinski definition) is 1. The van der Waals surface area contributed by atoms with Crippen molar-refractivity contribution in [2.75, 3.05) is 13.7 Å². The summed E-state index contributed by atoms with van der Waals surface area (Å²) in [7, 11) is 1.69. The summed E-state index contributed by atoms with van der Waals surface area (Å²) in [4.78, 5) is 4.52. The van der Waals surface area contributed by atoms with Gasteiger partial charge in [-0.3, -0.25) is 4.98 Å². The highest BCUT2D eigenvalue weighted by Crippen LogP contribution is 2.30. The summed E-state index contributed by atoms with van der Waals surface area (Å²) >= 11 is 3.59. The van der Waals surface area contributed by atoms with Gasteiger partial charge in [-0.2, -0.15) is 0 Å². The SMILES string of the molecule is CCNC(c1ccc(OC)cc1C)c1ncccc1Br. The van der Waals surface area contributed by atoms with Gasteiger partial charge in [0, 0.05) is 10.7 Å². The molecule has 1 aromatic carbocycles. The molecule has 0 saturated heterocycles. The van der Waals surface area contributed by atoms with Crippen molar-refractivity contribution in [3.63, 3.8) is 0 Å². The first-order valence-electron chi connectivity index (χ1n) is 6.65. The molecule has 1 atom stereocenters. The number of hydrogen-bond acceptors (Lipinski definition) is 3. The molecular weight excluding hydrogens is 316 g/mol.